The Hall–Kier alpha value is -2.63. The Morgan fingerprint density at radius 3 is 2.72 bits per heavy atom. The molecule has 174 valence electrons. The first kappa shape index (κ1) is 24.0. The van der Waals surface area contributed by atoms with Gasteiger partial charge in [0.2, 0.25) is 16.0 Å². The fourth-order valence-corrected chi connectivity index (χ4v) is 5.88. The summed E-state index contributed by atoms with van der Waals surface area (Å²) in [7, 11) is 0.486. The second-order valence-corrected chi connectivity index (χ2v) is 10.7. The molecule has 0 amide bonds. The molecule has 0 saturated carbocycles. The summed E-state index contributed by atoms with van der Waals surface area (Å²) in [5.41, 5.74) is 3.81. The summed E-state index contributed by atoms with van der Waals surface area (Å²) in [6.07, 6.45) is 6.96. The maximum absolute atomic E-state index is 12.9. The van der Waals surface area contributed by atoms with Crippen LogP contribution in [0, 0.1) is 5.92 Å². The fraction of sp³-hybridized carbons (Fsp3) is 0.524. The van der Waals surface area contributed by atoms with E-state index in [0.29, 0.717) is 24.7 Å². The number of rotatable bonds is 6. The third-order valence-electron chi connectivity index (χ3n) is 5.45. The molecule has 4 N–H and O–H groups in total. The Bertz CT molecular complexity index is 1180. The van der Waals surface area contributed by atoms with Gasteiger partial charge in [-0.25, -0.2) is 32.7 Å². The largest absolute Gasteiger partial charge is 0.347 e. The smallest absolute Gasteiger partial charge is 0.225 e. The van der Waals surface area contributed by atoms with Crippen LogP contribution in [0.5, 0.6) is 0 Å². The maximum atomic E-state index is 12.9. The Balaban J connectivity index is 0.00000289. The van der Waals surface area contributed by atoms with E-state index in [4.69, 9.17) is 9.97 Å². The minimum Gasteiger partial charge on any atom is -0.347 e. The van der Waals surface area contributed by atoms with Crippen LogP contribution in [0.1, 0.15) is 38.3 Å². The van der Waals surface area contributed by atoms with Gasteiger partial charge in [-0.1, -0.05) is 13.8 Å². The van der Waals surface area contributed by atoms with Gasteiger partial charge >= 0.3 is 0 Å². The van der Waals surface area contributed by atoms with Gasteiger partial charge in [0.1, 0.15) is 5.52 Å². The first-order valence-corrected chi connectivity index (χ1v) is 12.2. The highest BCUT2D eigenvalue weighted by Gasteiger charge is 2.32. The van der Waals surface area contributed by atoms with Gasteiger partial charge in [0.25, 0.3) is 0 Å². The van der Waals surface area contributed by atoms with Crippen LogP contribution in [0.3, 0.4) is 0 Å². The number of sulfonamides is 1. The van der Waals surface area contributed by atoms with Gasteiger partial charge in [0.15, 0.2) is 5.65 Å². The van der Waals surface area contributed by atoms with Crippen molar-refractivity contribution in [2.75, 3.05) is 37.8 Å². The zero-order valence-corrected chi connectivity index (χ0v) is 19.9. The van der Waals surface area contributed by atoms with Gasteiger partial charge in [-0.15, -0.1) is 0 Å². The molecule has 0 spiro atoms. The van der Waals surface area contributed by atoms with Crippen molar-refractivity contribution in [1.82, 2.24) is 35.4 Å². The summed E-state index contributed by atoms with van der Waals surface area (Å²) >= 11 is 0. The van der Waals surface area contributed by atoms with E-state index in [-0.39, 0.29) is 23.7 Å². The van der Waals surface area contributed by atoms with Gasteiger partial charge in [-0.05, 0) is 24.8 Å². The third-order valence-corrected chi connectivity index (χ3v) is 7.66. The molecule has 0 radical (unpaired) electrons. The highest BCUT2D eigenvalue weighted by Crippen LogP contribution is 2.34. The normalized spacial score (nSPS) is 17.5. The molecule has 3 aromatic rings. The number of hydrogen-bond donors (Lipinski definition) is 2. The van der Waals surface area contributed by atoms with Crippen molar-refractivity contribution in [2.24, 2.45) is 5.92 Å². The van der Waals surface area contributed by atoms with E-state index in [9.17, 15) is 8.42 Å². The number of H-pyrrole nitrogens is 1. The van der Waals surface area contributed by atoms with Gasteiger partial charge in [-0.2, -0.15) is 0 Å². The van der Waals surface area contributed by atoms with Crippen LogP contribution in [0.25, 0.3) is 22.4 Å². The lowest BCUT2D eigenvalue weighted by Crippen LogP contribution is -2.41. The van der Waals surface area contributed by atoms with Crippen molar-refractivity contribution in [3.8, 4) is 11.3 Å². The molecule has 0 aromatic carbocycles. The minimum atomic E-state index is -3.30. The lowest BCUT2D eigenvalue weighted by atomic mass is 9.92. The average molecular weight is 461 g/mol. The summed E-state index contributed by atoms with van der Waals surface area (Å²) in [6.45, 7) is 4.84. The van der Waals surface area contributed by atoms with Crippen LogP contribution in [0.4, 0.5) is 5.95 Å². The van der Waals surface area contributed by atoms with E-state index < -0.39 is 10.0 Å². The van der Waals surface area contributed by atoms with E-state index in [0.717, 1.165) is 35.3 Å². The van der Waals surface area contributed by atoms with Crippen LogP contribution in [0.2, 0.25) is 0 Å². The van der Waals surface area contributed by atoms with Crippen molar-refractivity contribution < 1.29 is 8.42 Å². The molecule has 0 aliphatic carbocycles. The van der Waals surface area contributed by atoms with Crippen molar-refractivity contribution in [3.05, 3.63) is 30.4 Å². The van der Waals surface area contributed by atoms with Crippen LogP contribution in [0.15, 0.2) is 24.7 Å². The quantitative estimate of drug-likeness (QED) is 0.571. The number of fused-ring (bicyclic) bond motifs is 1. The second-order valence-electron chi connectivity index (χ2n) is 8.70. The van der Waals surface area contributed by atoms with Crippen molar-refractivity contribution in [1.29, 1.82) is 0 Å². The van der Waals surface area contributed by atoms with Gasteiger partial charge in [0.05, 0.1) is 23.3 Å². The average Bonchev–Trinajstić information content (AvgIpc) is 3.20. The van der Waals surface area contributed by atoms with Crippen molar-refractivity contribution >= 4 is 27.1 Å². The number of aromatic nitrogens is 5. The van der Waals surface area contributed by atoms with E-state index in [2.05, 4.69) is 15.0 Å². The number of nitrogens with zero attached hydrogens (tertiary/aromatic N) is 6. The first-order valence-electron chi connectivity index (χ1n) is 10.6. The molecule has 1 unspecified atom stereocenters. The van der Waals surface area contributed by atoms with E-state index in [1.54, 1.807) is 22.9 Å². The maximum Gasteiger partial charge on any atom is 0.225 e. The van der Waals surface area contributed by atoms with E-state index >= 15 is 0 Å². The highest BCUT2D eigenvalue weighted by atomic mass is 32.2. The molecule has 4 rings (SSSR count). The molecule has 4 heterocycles. The molecule has 0 bridgehead atoms. The number of anilines is 1. The summed E-state index contributed by atoms with van der Waals surface area (Å²) in [5, 5.41) is 0. The van der Waals surface area contributed by atoms with Crippen LogP contribution < -0.4 is 11.1 Å². The molecule has 1 atom stereocenters. The van der Waals surface area contributed by atoms with Crippen LogP contribution in [-0.4, -0.2) is 70.6 Å². The molecule has 10 nitrogen and oxygen atoms in total. The second kappa shape index (κ2) is 9.47. The standard InChI is InChI=1S/C21H29N7O2S.H3N/c1-14(2)13-31(29,30)28-9-5-6-15(12-28)19-16(10-24-21(26-19)27(3)4)18-11-23-20-17(25-18)7-8-22-20;/h7-8,10-11,14-15H,5-6,9,12-13H2,1-4H3,(H,22,23);1H3. The zero-order chi connectivity index (χ0) is 22.2. The summed E-state index contributed by atoms with van der Waals surface area (Å²) in [4.78, 5) is 23.4. The molecule has 1 aliphatic heterocycles. The Morgan fingerprint density at radius 1 is 1.22 bits per heavy atom. The topological polar surface area (TPSA) is 143 Å². The fourth-order valence-electron chi connectivity index (χ4n) is 4.01. The van der Waals surface area contributed by atoms with E-state index in [1.165, 1.54) is 0 Å². The van der Waals surface area contributed by atoms with Crippen molar-refractivity contribution in [2.45, 2.75) is 32.6 Å². The SMILES string of the molecule is CC(C)CS(=O)(=O)N1CCCC(c2nc(N(C)C)ncc2-c2cnc3[nH]ccc3n2)C1.N. The van der Waals surface area contributed by atoms with Crippen LogP contribution >= 0.6 is 0 Å². The lowest BCUT2D eigenvalue weighted by molar-refractivity contribution is 0.311. The van der Waals surface area contributed by atoms with Gasteiger partial charge < -0.3 is 16.0 Å². The number of hydrogen-bond acceptors (Lipinski definition) is 8. The minimum absolute atomic E-state index is 0. The molecule has 1 aliphatic rings. The molecule has 11 heteroatoms. The number of aromatic amines is 1. The molecular formula is C21H32N8O2S. The van der Waals surface area contributed by atoms with Gasteiger partial charge in [-0.3, -0.25) is 0 Å². The molecule has 3 aromatic heterocycles. The summed E-state index contributed by atoms with van der Waals surface area (Å²) in [6, 6.07) is 1.88. The zero-order valence-electron chi connectivity index (χ0n) is 19.1. The predicted molar refractivity (Wildman–Crippen MR) is 126 cm³/mol. The lowest BCUT2D eigenvalue weighted by Gasteiger charge is -2.33. The van der Waals surface area contributed by atoms with Gasteiger partial charge in [0, 0.05) is 51.1 Å². The summed E-state index contributed by atoms with van der Waals surface area (Å²) in [5.74, 6) is 0.811. The Kier molecular flexibility index (Phi) is 7.11. The number of nitrogens with one attached hydrogen (secondary N) is 1. The molecule has 1 fully saturated rings. The first-order chi connectivity index (χ1) is 14.7. The Morgan fingerprint density at radius 2 is 2.00 bits per heavy atom. The van der Waals surface area contributed by atoms with E-state index in [1.807, 2.05) is 38.9 Å². The molecule has 1 saturated heterocycles. The molecular weight excluding hydrogens is 428 g/mol. The third kappa shape index (κ3) is 4.89. The van der Waals surface area contributed by atoms with Crippen molar-refractivity contribution in [3.63, 3.8) is 0 Å². The monoisotopic (exact) mass is 460 g/mol. The summed E-state index contributed by atoms with van der Waals surface area (Å²) < 4.78 is 27.4. The number of piperidine rings is 1. The highest BCUT2D eigenvalue weighted by molar-refractivity contribution is 7.89. The predicted octanol–water partition coefficient (Wildman–Crippen LogP) is 2.81. The Labute approximate surface area is 189 Å². The molecule has 32 heavy (non-hydrogen) atoms. The van der Waals surface area contributed by atoms with Crippen LogP contribution in [-0.2, 0) is 10.0 Å².